The molecule has 0 bridgehead atoms. The Morgan fingerprint density at radius 2 is 2.00 bits per heavy atom. The van der Waals surface area contributed by atoms with Crippen LogP contribution in [-0.2, 0) is 4.74 Å². The van der Waals surface area contributed by atoms with E-state index in [0.29, 0.717) is 11.6 Å². The van der Waals surface area contributed by atoms with E-state index in [4.69, 9.17) is 16.3 Å². The number of alkyl carbamates (subject to hydrolysis) is 1. The van der Waals surface area contributed by atoms with E-state index in [1.807, 2.05) is 34.6 Å². The minimum absolute atomic E-state index is 0.00294. The lowest BCUT2D eigenvalue weighted by Crippen LogP contribution is -2.39. The summed E-state index contributed by atoms with van der Waals surface area (Å²) in [5, 5.41) is 6.51. The molecule has 0 spiro atoms. The first-order valence-electron chi connectivity index (χ1n) is 7.76. The summed E-state index contributed by atoms with van der Waals surface area (Å²) in [5.41, 5.74) is 0.344. The summed E-state index contributed by atoms with van der Waals surface area (Å²) in [7, 11) is 0. The van der Waals surface area contributed by atoms with Crippen molar-refractivity contribution in [3.63, 3.8) is 0 Å². The molecule has 0 aliphatic carbocycles. The van der Waals surface area contributed by atoms with Crippen LogP contribution in [0.3, 0.4) is 0 Å². The number of carbonyl (C=O) groups excluding carboxylic acids is 1. The first kappa shape index (κ1) is 19.7. The Morgan fingerprint density at radius 3 is 2.57 bits per heavy atom. The van der Waals surface area contributed by atoms with Gasteiger partial charge in [-0.05, 0) is 65.3 Å². The molecule has 1 aromatic rings. The van der Waals surface area contributed by atoms with Crippen molar-refractivity contribution < 1.29 is 13.9 Å². The van der Waals surface area contributed by atoms with Gasteiger partial charge in [-0.15, -0.1) is 0 Å². The van der Waals surface area contributed by atoms with Gasteiger partial charge in [-0.25, -0.2) is 9.18 Å². The van der Waals surface area contributed by atoms with Gasteiger partial charge < -0.3 is 15.4 Å². The first-order chi connectivity index (χ1) is 10.6. The van der Waals surface area contributed by atoms with Gasteiger partial charge in [0.2, 0.25) is 0 Å². The largest absolute Gasteiger partial charge is 0.444 e. The molecule has 0 saturated heterocycles. The van der Waals surface area contributed by atoms with E-state index in [9.17, 15) is 9.18 Å². The Hall–Kier alpha value is -1.33. The second kappa shape index (κ2) is 8.50. The number of hydrogen-bond donors (Lipinski definition) is 2. The average molecular weight is 345 g/mol. The molecule has 0 aromatic heterocycles. The van der Waals surface area contributed by atoms with Crippen LogP contribution in [0.4, 0.5) is 9.18 Å². The van der Waals surface area contributed by atoms with Crippen LogP contribution in [-0.4, -0.2) is 24.3 Å². The number of hydrogen-bond acceptors (Lipinski definition) is 3. The van der Waals surface area contributed by atoms with Gasteiger partial charge in [-0.3, -0.25) is 0 Å². The molecule has 2 atom stereocenters. The number of amides is 1. The quantitative estimate of drug-likeness (QED) is 0.802. The molecule has 2 unspecified atom stereocenters. The molecule has 130 valence electrons. The smallest absolute Gasteiger partial charge is 0.407 e. The summed E-state index contributed by atoms with van der Waals surface area (Å²) in [6.07, 6.45) is 0.321. The van der Waals surface area contributed by atoms with Crippen LogP contribution in [0, 0.1) is 5.82 Å². The Bertz CT molecular complexity index is 532. The summed E-state index contributed by atoms with van der Waals surface area (Å²) in [6.45, 7) is 10.0. The highest BCUT2D eigenvalue weighted by molar-refractivity contribution is 6.31. The Morgan fingerprint density at radius 1 is 1.35 bits per heavy atom. The third-order valence-electron chi connectivity index (χ3n) is 3.22. The van der Waals surface area contributed by atoms with Crippen LogP contribution in [0.25, 0.3) is 0 Å². The van der Waals surface area contributed by atoms with Crippen LogP contribution >= 0.6 is 11.6 Å². The zero-order chi connectivity index (χ0) is 17.6. The number of ether oxygens (including phenoxy) is 1. The van der Waals surface area contributed by atoms with Crippen molar-refractivity contribution in [3.8, 4) is 0 Å². The van der Waals surface area contributed by atoms with E-state index in [-0.39, 0.29) is 17.9 Å². The van der Waals surface area contributed by atoms with Gasteiger partial charge in [0.15, 0.2) is 0 Å². The van der Waals surface area contributed by atoms with Gasteiger partial charge in [-0.2, -0.15) is 0 Å². The summed E-state index contributed by atoms with van der Waals surface area (Å²) in [5.74, 6) is -0.346. The Labute approximate surface area is 142 Å². The minimum Gasteiger partial charge on any atom is -0.444 e. The van der Waals surface area contributed by atoms with Crippen molar-refractivity contribution in [2.45, 2.75) is 58.7 Å². The highest BCUT2D eigenvalue weighted by Crippen LogP contribution is 2.23. The van der Waals surface area contributed by atoms with Crippen molar-refractivity contribution in [2.75, 3.05) is 6.54 Å². The van der Waals surface area contributed by atoms with E-state index < -0.39 is 11.7 Å². The minimum atomic E-state index is -0.504. The molecular formula is C17H26ClFN2O2. The predicted molar refractivity (Wildman–Crippen MR) is 91.3 cm³/mol. The van der Waals surface area contributed by atoms with Gasteiger partial charge in [0, 0.05) is 17.1 Å². The number of nitrogens with one attached hydrogen (secondary N) is 2. The highest BCUT2D eigenvalue weighted by Gasteiger charge is 2.17. The second-order valence-corrected chi connectivity index (χ2v) is 7.08. The lowest BCUT2D eigenvalue weighted by molar-refractivity contribution is 0.0506. The van der Waals surface area contributed by atoms with Crippen LogP contribution in [0.5, 0.6) is 0 Å². The molecule has 0 heterocycles. The summed E-state index contributed by atoms with van der Waals surface area (Å²) in [4.78, 5) is 11.7. The fourth-order valence-corrected chi connectivity index (χ4v) is 2.39. The van der Waals surface area contributed by atoms with Crippen LogP contribution in [0.2, 0.25) is 5.02 Å². The summed E-state index contributed by atoms with van der Waals surface area (Å²) in [6, 6.07) is 4.36. The fraction of sp³-hybridized carbons (Fsp3) is 0.588. The van der Waals surface area contributed by atoms with Crippen molar-refractivity contribution in [1.29, 1.82) is 0 Å². The molecule has 0 radical (unpaired) electrons. The molecule has 4 nitrogen and oxygen atoms in total. The van der Waals surface area contributed by atoms with Crippen molar-refractivity contribution in [1.82, 2.24) is 10.6 Å². The van der Waals surface area contributed by atoms with Crippen LogP contribution in [0.15, 0.2) is 18.2 Å². The molecule has 2 N–H and O–H groups in total. The molecule has 0 aliphatic rings. The maximum absolute atomic E-state index is 13.1. The number of halogens is 2. The highest BCUT2D eigenvalue weighted by atomic mass is 35.5. The summed E-state index contributed by atoms with van der Waals surface area (Å²) < 4.78 is 18.3. The predicted octanol–water partition coefficient (Wildman–Crippen LogP) is 4.43. The average Bonchev–Trinajstić information content (AvgIpc) is 2.35. The van der Waals surface area contributed by atoms with E-state index in [1.54, 1.807) is 6.07 Å². The van der Waals surface area contributed by atoms with Crippen molar-refractivity contribution >= 4 is 17.7 Å². The van der Waals surface area contributed by atoms with E-state index >= 15 is 0 Å². The van der Waals surface area contributed by atoms with Crippen LogP contribution in [0.1, 0.15) is 52.6 Å². The third kappa shape index (κ3) is 7.66. The molecule has 1 amide bonds. The number of rotatable bonds is 6. The third-order valence-corrected chi connectivity index (χ3v) is 3.55. The molecule has 1 rings (SSSR count). The summed E-state index contributed by atoms with van der Waals surface area (Å²) >= 11 is 6.04. The van der Waals surface area contributed by atoms with Gasteiger partial charge in [0.05, 0.1) is 0 Å². The molecule has 0 saturated carbocycles. The van der Waals surface area contributed by atoms with Crippen LogP contribution < -0.4 is 10.6 Å². The van der Waals surface area contributed by atoms with E-state index in [0.717, 1.165) is 12.0 Å². The molecule has 0 aliphatic heterocycles. The SMILES string of the molecule is CC(CCNC(C)c1ccc(F)cc1Cl)NC(=O)OC(C)(C)C. The van der Waals surface area contributed by atoms with Crippen molar-refractivity contribution in [3.05, 3.63) is 34.6 Å². The Balaban J connectivity index is 2.37. The topological polar surface area (TPSA) is 50.4 Å². The fourth-order valence-electron chi connectivity index (χ4n) is 2.06. The van der Waals surface area contributed by atoms with Gasteiger partial charge in [-0.1, -0.05) is 17.7 Å². The van der Waals surface area contributed by atoms with Crippen molar-refractivity contribution in [2.24, 2.45) is 0 Å². The van der Waals surface area contributed by atoms with Gasteiger partial charge >= 0.3 is 6.09 Å². The second-order valence-electron chi connectivity index (χ2n) is 6.68. The van der Waals surface area contributed by atoms with Gasteiger partial charge in [0.25, 0.3) is 0 Å². The monoisotopic (exact) mass is 344 g/mol. The molecule has 6 heteroatoms. The number of carbonyl (C=O) groups is 1. The normalized spacial score (nSPS) is 14.2. The zero-order valence-corrected chi connectivity index (χ0v) is 15.1. The molecule has 1 aromatic carbocycles. The lowest BCUT2D eigenvalue weighted by atomic mass is 10.1. The molecular weight excluding hydrogens is 319 g/mol. The molecule has 23 heavy (non-hydrogen) atoms. The maximum Gasteiger partial charge on any atom is 0.407 e. The molecule has 0 fully saturated rings. The first-order valence-corrected chi connectivity index (χ1v) is 8.14. The van der Waals surface area contributed by atoms with Gasteiger partial charge in [0.1, 0.15) is 11.4 Å². The number of benzene rings is 1. The zero-order valence-electron chi connectivity index (χ0n) is 14.4. The Kier molecular flexibility index (Phi) is 7.29. The maximum atomic E-state index is 13.1. The van der Waals surface area contributed by atoms with E-state index in [1.165, 1.54) is 12.1 Å². The standard InChI is InChI=1S/C17H26ClFN2O2/c1-11(21-16(22)23-17(3,4)5)8-9-20-12(2)14-7-6-13(19)10-15(14)18/h6-7,10-12,20H,8-9H2,1-5H3,(H,21,22). The van der Waals surface area contributed by atoms with E-state index in [2.05, 4.69) is 10.6 Å². The lowest BCUT2D eigenvalue weighted by Gasteiger charge is -2.22.